The van der Waals surface area contributed by atoms with Crippen molar-refractivity contribution in [2.75, 3.05) is 0 Å². The first-order valence-corrected chi connectivity index (χ1v) is 9.27. The van der Waals surface area contributed by atoms with E-state index in [2.05, 4.69) is 60.1 Å². The van der Waals surface area contributed by atoms with Gasteiger partial charge < -0.3 is 15.0 Å². The highest BCUT2D eigenvalue weighted by atomic mass is 16.4. The molecule has 2 aromatic carbocycles. The average Bonchev–Trinajstić information content (AvgIpc) is 2.96. The van der Waals surface area contributed by atoms with Gasteiger partial charge in [-0.3, -0.25) is 0 Å². The number of fused-ring (bicyclic) bond motifs is 1. The van der Waals surface area contributed by atoms with E-state index in [9.17, 15) is 9.90 Å². The maximum Gasteiger partial charge on any atom is 0.405 e. The van der Waals surface area contributed by atoms with Gasteiger partial charge in [-0.2, -0.15) is 0 Å². The number of benzene rings is 2. The van der Waals surface area contributed by atoms with Crippen molar-refractivity contribution < 1.29 is 9.90 Å². The maximum absolute atomic E-state index is 11.4. The Hall–Kier alpha value is -2.82. The minimum absolute atomic E-state index is 0.299. The Kier molecular flexibility index (Phi) is 4.96. The number of imidazole rings is 1. The fraction of sp³-hybridized carbons (Fsp3) is 0.364. The molecular weight excluding hydrogens is 338 g/mol. The van der Waals surface area contributed by atoms with Gasteiger partial charge in [-0.1, -0.05) is 56.7 Å². The summed E-state index contributed by atoms with van der Waals surface area (Å²) in [7, 11) is 0. The molecule has 0 spiro atoms. The molecule has 0 saturated heterocycles. The molecule has 1 heterocycles. The molecule has 3 rings (SSSR count). The second kappa shape index (κ2) is 7.06. The largest absolute Gasteiger partial charge is 0.465 e. The van der Waals surface area contributed by atoms with E-state index in [1.807, 2.05) is 26.8 Å². The van der Waals surface area contributed by atoms with Gasteiger partial charge in [-0.15, -0.1) is 0 Å². The predicted octanol–water partition coefficient (Wildman–Crippen LogP) is 5.39. The van der Waals surface area contributed by atoms with Crippen LogP contribution in [0.25, 0.3) is 22.2 Å². The molecule has 3 aromatic rings. The number of nitrogens with zero attached hydrogens (tertiary/aromatic N) is 2. The molecule has 1 unspecified atom stereocenters. The lowest BCUT2D eigenvalue weighted by atomic mass is 9.86. The van der Waals surface area contributed by atoms with Crippen molar-refractivity contribution in [3.05, 3.63) is 53.9 Å². The first-order valence-electron chi connectivity index (χ1n) is 9.27. The standard InChI is InChI=1S/C22H27N3O2/c1-6-25-18-13-16(15-9-7-14(2)8-10-15)11-12-17(18)23-20(25)19(22(3,4)5)24-21(26)27/h7-13,19,24H,6H2,1-5H3,(H,26,27). The maximum atomic E-state index is 11.4. The van der Waals surface area contributed by atoms with Crippen molar-refractivity contribution in [1.82, 2.24) is 14.9 Å². The Balaban J connectivity index is 2.15. The van der Waals surface area contributed by atoms with Crippen LogP contribution in [0, 0.1) is 12.3 Å². The number of nitrogens with one attached hydrogen (secondary N) is 1. The van der Waals surface area contributed by atoms with E-state index in [-0.39, 0.29) is 5.41 Å². The van der Waals surface area contributed by atoms with Gasteiger partial charge in [0.05, 0.1) is 17.1 Å². The van der Waals surface area contributed by atoms with E-state index in [1.54, 1.807) is 0 Å². The fourth-order valence-electron chi connectivity index (χ4n) is 3.41. The molecule has 2 N–H and O–H groups in total. The Morgan fingerprint density at radius 3 is 2.33 bits per heavy atom. The quantitative estimate of drug-likeness (QED) is 0.652. The number of carbonyl (C=O) groups is 1. The molecule has 0 fully saturated rings. The van der Waals surface area contributed by atoms with Crippen LogP contribution in [0.4, 0.5) is 4.79 Å². The third-order valence-electron chi connectivity index (χ3n) is 4.87. The van der Waals surface area contributed by atoms with Crippen molar-refractivity contribution in [2.45, 2.75) is 47.2 Å². The van der Waals surface area contributed by atoms with Gasteiger partial charge in [0.25, 0.3) is 0 Å². The SMILES string of the molecule is CCn1c(C(NC(=O)O)C(C)(C)C)nc2ccc(-c3ccc(C)cc3)cc21. The third-order valence-corrected chi connectivity index (χ3v) is 4.87. The molecule has 27 heavy (non-hydrogen) atoms. The molecule has 0 bridgehead atoms. The van der Waals surface area contributed by atoms with E-state index in [1.165, 1.54) is 5.56 Å². The molecule has 142 valence electrons. The molecule has 5 nitrogen and oxygen atoms in total. The Morgan fingerprint density at radius 2 is 1.78 bits per heavy atom. The number of hydrogen-bond acceptors (Lipinski definition) is 2. The molecule has 0 saturated carbocycles. The lowest BCUT2D eigenvalue weighted by Gasteiger charge is -2.30. The van der Waals surface area contributed by atoms with Crippen molar-refractivity contribution in [3.63, 3.8) is 0 Å². The summed E-state index contributed by atoms with van der Waals surface area (Å²) in [4.78, 5) is 16.2. The van der Waals surface area contributed by atoms with Crippen LogP contribution >= 0.6 is 0 Å². The Morgan fingerprint density at radius 1 is 1.15 bits per heavy atom. The van der Waals surface area contributed by atoms with Crippen molar-refractivity contribution in [1.29, 1.82) is 0 Å². The lowest BCUT2D eigenvalue weighted by molar-refractivity contribution is 0.172. The zero-order valence-corrected chi connectivity index (χ0v) is 16.6. The van der Waals surface area contributed by atoms with Crippen LogP contribution in [0.3, 0.4) is 0 Å². The molecule has 1 atom stereocenters. The second-order valence-corrected chi connectivity index (χ2v) is 8.03. The molecule has 0 radical (unpaired) electrons. The van der Waals surface area contributed by atoms with E-state index in [0.717, 1.165) is 34.5 Å². The summed E-state index contributed by atoms with van der Waals surface area (Å²) in [5, 5.41) is 12.0. The first-order chi connectivity index (χ1) is 12.7. The predicted molar refractivity (Wildman–Crippen MR) is 109 cm³/mol. The summed E-state index contributed by atoms with van der Waals surface area (Å²) in [5.74, 6) is 0.753. The van der Waals surface area contributed by atoms with Gasteiger partial charge in [0.1, 0.15) is 5.82 Å². The molecule has 1 amide bonds. The highest BCUT2D eigenvalue weighted by Crippen LogP contribution is 2.35. The fourth-order valence-corrected chi connectivity index (χ4v) is 3.41. The minimum Gasteiger partial charge on any atom is -0.465 e. The van der Waals surface area contributed by atoms with E-state index in [4.69, 9.17) is 4.98 Å². The number of aromatic nitrogens is 2. The zero-order valence-electron chi connectivity index (χ0n) is 16.6. The van der Waals surface area contributed by atoms with Gasteiger partial charge >= 0.3 is 6.09 Å². The smallest absolute Gasteiger partial charge is 0.405 e. The lowest BCUT2D eigenvalue weighted by Crippen LogP contribution is -2.37. The summed E-state index contributed by atoms with van der Waals surface area (Å²) in [5.41, 5.74) is 5.11. The van der Waals surface area contributed by atoms with Crippen LogP contribution in [-0.4, -0.2) is 20.8 Å². The van der Waals surface area contributed by atoms with Crippen LogP contribution in [0.15, 0.2) is 42.5 Å². The number of amides is 1. The minimum atomic E-state index is -1.04. The van der Waals surface area contributed by atoms with Gasteiger partial charge in [0.2, 0.25) is 0 Å². The highest BCUT2D eigenvalue weighted by molar-refractivity contribution is 5.83. The van der Waals surface area contributed by atoms with Crippen molar-refractivity contribution >= 4 is 17.1 Å². The first kappa shape index (κ1) is 19.0. The zero-order chi connectivity index (χ0) is 19.8. The van der Waals surface area contributed by atoms with Crippen LogP contribution in [-0.2, 0) is 6.54 Å². The molecular formula is C22H27N3O2. The number of hydrogen-bond donors (Lipinski definition) is 2. The van der Waals surface area contributed by atoms with Crippen molar-refractivity contribution in [3.8, 4) is 11.1 Å². The van der Waals surface area contributed by atoms with Gasteiger partial charge in [-0.05, 0) is 42.5 Å². The summed E-state index contributed by atoms with van der Waals surface area (Å²) in [6.07, 6.45) is -1.04. The normalized spacial score (nSPS) is 12.9. The van der Waals surface area contributed by atoms with Crippen LogP contribution < -0.4 is 5.32 Å². The number of aryl methyl sites for hydroxylation is 2. The number of rotatable bonds is 4. The molecule has 0 aliphatic carbocycles. The summed E-state index contributed by atoms with van der Waals surface area (Å²) >= 11 is 0. The monoisotopic (exact) mass is 365 g/mol. The second-order valence-electron chi connectivity index (χ2n) is 8.03. The van der Waals surface area contributed by atoms with E-state index < -0.39 is 12.1 Å². The van der Waals surface area contributed by atoms with E-state index in [0.29, 0.717) is 0 Å². The molecule has 5 heteroatoms. The van der Waals surface area contributed by atoms with Crippen LogP contribution in [0.5, 0.6) is 0 Å². The summed E-state index contributed by atoms with van der Waals surface area (Å²) in [6, 6.07) is 14.3. The van der Waals surface area contributed by atoms with Gasteiger partial charge in [-0.25, -0.2) is 9.78 Å². The van der Waals surface area contributed by atoms with Crippen LogP contribution in [0.2, 0.25) is 0 Å². The van der Waals surface area contributed by atoms with Gasteiger partial charge in [0.15, 0.2) is 0 Å². The average molecular weight is 365 g/mol. The summed E-state index contributed by atoms with van der Waals surface area (Å²) < 4.78 is 2.11. The molecule has 0 aliphatic heterocycles. The molecule has 0 aliphatic rings. The topological polar surface area (TPSA) is 67.2 Å². The summed E-state index contributed by atoms with van der Waals surface area (Å²) in [6.45, 7) is 10.9. The van der Waals surface area contributed by atoms with Crippen molar-refractivity contribution in [2.24, 2.45) is 5.41 Å². The third kappa shape index (κ3) is 3.82. The Bertz CT molecular complexity index is 966. The van der Waals surface area contributed by atoms with Crippen LogP contribution in [0.1, 0.15) is 45.1 Å². The highest BCUT2D eigenvalue weighted by Gasteiger charge is 2.32. The van der Waals surface area contributed by atoms with E-state index >= 15 is 0 Å². The number of carboxylic acid groups (broad SMARTS) is 1. The Labute approximate surface area is 160 Å². The van der Waals surface area contributed by atoms with Gasteiger partial charge in [0, 0.05) is 6.54 Å². The molecule has 1 aromatic heterocycles.